The number of likely N-dealkylation sites (N-methyl/N-ethyl adjacent to an activating group) is 1. The van der Waals surface area contributed by atoms with E-state index in [2.05, 4.69) is 39.1 Å². The van der Waals surface area contributed by atoms with E-state index in [-0.39, 0.29) is 29.5 Å². The molecule has 3 heterocycles. The zero-order valence-electron chi connectivity index (χ0n) is 19.1. The maximum atomic E-state index is 12.5. The lowest BCUT2D eigenvalue weighted by molar-refractivity contribution is -0.133. The third kappa shape index (κ3) is 6.67. The van der Waals surface area contributed by atoms with E-state index in [1.807, 2.05) is 11.9 Å². The van der Waals surface area contributed by atoms with Crippen molar-refractivity contribution >= 4 is 35.8 Å². The number of carbonyl (C=O) groups is 1. The average molecular weight is 537 g/mol. The van der Waals surface area contributed by atoms with Gasteiger partial charge >= 0.3 is 0 Å². The minimum atomic E-state index is 0. The Labute approximate surface area is 199 Å². The van der Waals surface area contributed by atoms with E-state index in [0.717, 1.165) is 90.7 Å². The first-order valence-electron chi connectivity index (χ1n) is 11.2. The highest BCUT2D eigenvalue weighted by Crippen LogP contribution is 2.25. The van der Waals surface area contributed by atoms with Crippen LogP contribution in [0.5, 0.6) is 0 Å². The highest BCUT2D eigenvalue weighted by atomic mass is 127. The fraction of sp³-hybridized carbons (Fsp3) is 0.905. The van der Waals surface area contributed by atoms with Crippen LogP contribution in [0, 0.1) is 0 Å². The molecule has 9 heteroatoms. The largest absolute Gasteiger partial charge is 0.381 e. The molecular formula is C21H41IN6O2. The molecule has 8 nitrogen and oxygen atoms in total. The van der Waals surface area contributed by atoms with Gasteiger partial charge in [0.25, 0.3) is 0 Å². The van der Waals surface area contributed by atoms with Crippen LogP contribution in [0.1, 0.15) is 32.1 Å². The second kappa shape index (κ2) is 12.4. The maximum Gasteiger partial charge on any atom is 0.236 e. The molecule has 3 fully saturated rings. The number of guanidine groups is 1. The Morgan fingerprint density at radius 1 is 1.00 bits per heavy atom. The molecule has 30 heavy (non-hydrogen) atoms. The van der Waals surface area contributed by atoms with Crippen LogP contribution < -0.4 is 5.32 Å². The van der Waals surface area contributed by atoms with Gasteiger partial charge in [-0.2, -0.15) is 0 Å². The Morgan fingerprint density at radius 2 is 1.63 bits per heavy atom. The molecule has 0 aromatic rings. The van der Waals surface area contributed by atoms with Gasteiger partial charge in [0.05, 0.1) is 6.54 Å². The van der Waals surface area contributed by atoms with Crippen molar-refractivity contribution in [1.29, 1.82) is 0 Å². The fourth-order valence-electron chi connectivity index (χ4n) is 4.66. The molecule has 3 saturated heterocycles. The van der Waals surface area contributed by atoms with Crippen LogP contribution in [-0.4, -0.2) is 124 Å². The van der Waals surface area contributed by atoms with Crippen LogP contribution >= 0.6 is 24.0 Å². The molecule has 0 radical (unpaired) electrons. The number of hydrogen-bond acceptors (Lipinski definition) is 5. The topological polar surface area (TPSA) is 63.7 Å². The lowest BCUT2D eigenvalue weighted by Gasteiger charge is -2.44. The second-order valence-electron chi connectivity index (χ2n) is 8.84. The fourth-order valence-corrected chi connectivity index (χ4v) is 4.66. The van der Waals surface area contributed by atoms with Crippen molar-refractivity contribution in [3.05, 3.63) is 0 Å². The minimum Gasteiger partial charge on any atom is -0.381 e. The molecule has 1 N–H and O–H groups in total. The first kappa shape index (κ1) is 25.6. The quantitative estimate of drug-likeness (QED) is 0.321. The number of amides is 1. The van der Waals surface area contributed by atoms with E-state index in [9.17, 15) is 4.79 Å². The van der Waals surface area contributed by atoms with Gasteiger partial charge < -0.3 is 24.8 Å². The molecule has 0 aromatic carbocycles. The number of piperazine rings is 1. The van der Waals surface area contributed by atoms with E-state index < -0.39 is 0 Å². The van der Waals surface area contributed by atoms with E-state index in [0.29, 0.717) is 12.5 Å². The highest BCUT2D eigenvalue weighted by Gasteiger charge is 2.35. The zero-order chi connectivity index (χ0) is 20.7. The summed E-state index contributed by atoms with van der Waals surface area (Å²) in [5, 5.41) is 3.62. The average Bonchev–Trinajstić information content (AvgIpc) is 2.76. The Hall–Kier alpha value is -0.650. The number of rotatable bonds is 5. The zero-order valence-corrected chi connectivity index (χ0v) is 21.4. The monoisotopic (exact) mass is 536 g/mol. The Balaban J connectivity index is 0.00000320. The number of ether oxygens (including phenoxy) is 1. The molecular weight excluding hydrogens is 495 g/mol. The first-order valence-corrected chi connectivity index (χ1v) is 11.2. The summed E-state index contributed by atoms with van der Waals surface area (Å²) in [6.07, 6.45) is 5.65. The van der Waals surface area contributed by atoms with Gasteiger partial charge in [0.15, 0.2) is 5.96 Å². The molecule has 3 aliphatic heterocycles. The highest BCUT2D eigenvalue weighted by molar-refractivity contribution is 14.0. The summed E-state index contributed by atoms with van der Waals surface area (Å²) >= 11 is 0. The molecule has 0 spiro atoms. The van der Waals surface area contributed by atoms with Gasteiger partial charge in [0, 0.05) is 71.6 Å². The number of halogens is 1. The molecule has 1 amide bonds. The van der Waals surface area contributed by atoms with Gasteiger partial charge in [-0.25, -0.2) is 0 Å². The summed E-state index contributed by atoms with van der Waals surface area (Å²) in [7, 11) is 6.18. The van der Waals surface area contributed by atoms with Gasteiger partial charge in [0.2, 0.25) is 5.91 Å². The van der Waals surface area contributed by atoms with Crippen LogP contribution in [0.15, 0.2) is 4.99 Å². The summed E-state index contributed by atoms with van der Waals surface area (Å²) in [4.78, 5) is 26.1. The predicted octanol–water partition coefficient (Wildman–Crippen LogP) is 0.921. The third-order valence-corrected chi connectivity index (χ3v) is 6.90. The maximum absolute atomic E-state index is 12.5. The standard InChI is InChI=1S/C21H40N6O2.HI/c1-22-20(23-18-21(24(2)3)7-15-29-16-8-21)27-13-11-25(12-14-27)17-19(28)26-9-5-4-6-10-26;/h4-18H2,1-3H3,(H,22,23);1H. The predicted molar refractivity (Wildman–Crippen MR) is 132 cm³/mol. The number of likely N-dealkylation sites (tertiary alicyclic amines) is 1. The van der Waals surface area contributed by atoms with Crippen molar-refractivity contribution < 1.29 is 9.53 Å². The summed E-state index contributed by atoms with van der Waals surface area (Å²) in [5.41, 5.74) is 0.122. The molecule has 0 unspecified atom stereocenters. The van der Waals surface area contributed by atoms with Gasteiger partial charge in [-0.1, -0.05) is 0 Å². The van der Waals surface area contributed by atoms with Crippen LogP contribution in [0.3, 0.4) is 0 Å². The van der Waals surface area contributed by atoms with Crippen molar-refractivity contribution in [2.24, 2.45) is 4.99 Å². The normalized spacial score (nSPS) is 23.3. The summed E-state index contributed by atoms with van der Waals surface area (Å²) in [5.74, 6) is 1.27. The number of nitrogens with one attached hydrogen (secondary N) is 1. The molecule has 174 valence electrons. The van der Waals surface area contributed by atoms with Gasteiger partial charge in [-0.05, 0) is 46.2 Å². The lowest BCUT2D eigenvalue weighted by Crippen LogP contribution is -2.59. The van der Waals surface area contributed by atoms with Crippen molar-refractivity contribution in [3.63, 3.8) is 0 Å². The Morgan fingerprint density at radius 3 is 2.20 bits per heavy atom. The molecule has 3 aliphatic rings. The Bertz CT molecular complexity index is 554. The lowest BCUT2D eigenvalue weighted by atomic mass is 9.88. The van der Waals surface area contributed by atoms with Crippen LogP contribution in [0.4, 0.5) is 0 Å². The van der Waals surface area contributed by atoms with Crippen LogP contribution in [0.2, 0.25) is 0 Å². The number of hydrogen-bond donors (Lipinski definition) is 1. The SMILES string of the molecule is CN=C(NCC1(N(C)C)CCOCC1)N1CCN(CC(=O)N2CCCCC2)CC1.I. The van der Waals surface area contributed by atoms with Crippen LogP contribution in [0.25, 0.3) is 0 Å². The third-order valence-electron chi connectivity index (χ3n) is 6.90. The van der Waals surface area contributed by atoms with E-state index in [1.165, 1.54) is 6.42 Å². The molecule has 0 bridgehead atoms. The smallest absolute Gasteiger partial charge is 0.236 e. The van der Waals surface area contributed by atoms with Crippen molar-refractivity contribution in [3.8, 4) is 0 Å². The van der Waals surface area contributed by atoms with Crippen molar-refractivity contribution in [1.82, 2.24) is 24.9 Å². The van der Waals surface area contributed by atoms with Gasteiger partial charge in [-0.15, -0.1) is 24.0 Å². The van der Waals surface area contributed by atoms with E-state index in [4.69, 9.17) is 4.74 Å². The molecule has 3 rings (SSSR count). The summed E-state index contributed by atoms with van der Waals surface area (Å²) in [6, 6.07) is 0. The minimum absolute atomic E-state index is 0. The number of carbonyl (C=O) groups excluding carboxylic acids is 1. The number of nitrogens with zero attached hydrogens (tertiary/aromatic N) is 5. The van der Waals surface area contributed by atoms with E-state index >= 15 is 0 Å². The number of aliphatic imine (C=N–C) groups is 1. The molecule has 0 aliphatic carbocycles. The molecule has 0 aromatic heterocycles. The first-order chi connectivity index (χ1) is 14.0. The van der Waals surface area contributed by atoms with Crippen molar-refractivity contribution in [2.45, 2.75) is 37.6 Å². The van der Waals surface area contributed by atoms with E-state index in [1.54, 1.807) is 0 Å². The van der Waals surface area contributed by atoms with Crippen molar-refractivity contribution in [2.75, 3.05) is 86.7 Å². The van der Waals surface area contributed by atoms with Crippen LogP contribution in [-0.2, 0) is 9.53 Å². The van der Waals surface area contributed by atoms with Gasteiger partial charge in [-0.3, -0.25) is 14.7 Å². The molecule has 0 saturated carbocycles. The van der Waals surface area contributed by atoms with Gasteiger partial charge in [0.1, 0.15) is 0 Å². The molecule has 0 atom stereocenters. The second-order valence-corrected chi connectivity index (χ2v) is 8.84. The number of piperidine rings is 1. The summed E-state index contributed by atoms with van der Waals surface area (Å²) in [6.45, 7) is 8.59. The Kier molecular flexibility index (Phi) is 10.6. The summed E-state index contributed by atoms with van der Waals surface area (Å²) < 4.78 is 5.58.